The third-order valence-electron chi connectivity index (χ3n) is 3.98. The molecule has 0 saturated carbocycles. The first-order valence-electron chi connectivity index (χ1n) is 8.31. The minimum absolute atomic E-state index is 0.832. The number of rotatable bonds is 7. The Labute approximate surface area is 136 Å². The third kappa shape index (κ3) is 3.50. The quantitative estimate of drug-likeness (QED) is 0.726. The molecule has 0 amide bonds. The fourth-order valence-corrected chi connectivity index (χ4v) is 2.81. The lowest BCUT2D eigenvalue weighted by molar-refractivity contribution is 0.698. The topological polar surface area (TPSA) is 55.6 Å². The molecule has 0 fully saturated rings. The maximum Gasteiger partial charge on any atom is 0.134 e. The molecule has 0 aliphatic rings. The Morgan fingerprint density at radius 1 is 1.13 bits per heavy atom. The number of nitrogens with one attached hydrogen (secondary N) is 1. The molecule has 5 nitrogen and oxygen atoms in total. The van der Waals surface area contributed by atoms with E-state index in [0.717, 1.165) is 55.1 Å². The summed E-state index contributed by atoms with van der Waals surface area (Å²) in [5.74, 6) is 1.02. The largest absolute Gasteiger partial charge is 0.384 e. The van der Waals surface area contributed by atoms with Crippen LogP contribution in [0.3, 0.4) is 0 Å². The summed E-state index contributed by atoms with van der Waals surface area (Å²) in [5, 5.41) is 12.9. The fourth-order valence-electron chi connectivity index (χ4n) is 2.81. The number of hydrogen-bond donors (Lipinski definition) is 1. The predicted octanol–water partition coefficient (Wildman–Crippen LogP) is 3.45. The van der Waals surface area contributed by atoms with Crippen LogP contribution in [0.5, 0.6) is 0 Å². The molecule has 1 N–H and O–H groups in total. The number of para-hydroxylation sites is 1. The minimum Gasteiger partial charge on any atom is -0.384 e. The summed E-state index contributed by atoms with van der Waals surface area (Å²) in [6.07, 6.45) is 4.75. The van der Waals surface area contributed by atoms with Crippen LogP contribution in [0.4, 0.5) is 5.69 Å². The van der Waals surface area contributed by atoms with Gasteiger partial charge in [-0.1, -0.05) is 31.5 Å². The number of hydrogen-bond acceptors (Lipinski definition) is 4. The van der Waals surface area contributed by atoms with Crippen LogP contribution >= 0.6 is 0 Å². The summed E-state index contributed by atoms with van der Waals surface area (Å²) in [6.45, 7) is 6.02. The van der Waals surface area contributed by atoms with E-state index in [1.807, 2.05) is 6.07 Å². The number of fused-ring (bicyclic) bond motifs is 1. The van der Waals surface area contributed by atoms with E-state index in [0.29, 0.717) is 0 Å². The zero-order chi connectivity index (χ0) is 16.1. The van der Waals surface area contributed by atoms with Crippen molar-refractivity contribution in [2.24, 2.45) is 0 Å². The van der Waals surface area contributed by atoms with Crippen molar-refractivity contribution >= 4 is 16.6 Å². The van der Waals surface area contributed by atoms with Crippen LogP contribution in [0.25, 0.3) is 10.9 Å². The van der Waals surface area contributed by atoms with Crippen LogP contribution in [-0.2, 0) is 19.4 Å². The molecular weight excluding hydrogens is 286 g/mol. The van der Waals surface area contributed by atoms with Gasteiger partial charge in [-0.2, -0.15) is 0 Å². The molecule has 23 heavy (non-hydrogen) atoms. The molecule has 0 bridgehead atoms. The van der Waals surface area contributed by atoms with Gasteiger partial charge in [-0.3, -0.25) is 4.98 Å². The Kier molecular flexibility index (Phi) is 4.86. The normalized spacial score (nSPS) is 11.0. The lowest BCUT2D eigenvalue weighted by Gasteiger charge is -2.12. The van der Waals surface area contributed by atoms with Crippen molar-refractivity contribution in [2.75, 3.05) is 11.9 Å². The van der Waals surface area contributed by atoms with Crippen LogP contribution in [0.2, 0.25) is 0 Å². The highest BCUT2D eigenvalue weighted by Gasteiger charge is 2.06. The van der Waals surface area contributed by atoms with Crippen LogP contribution in [0.1, 0.15) is 31.8 Å². The van der Waals surface area contributed by atoms with Crippen LogP contribution in [0.15, 0.2) is 36.7 Å². The van der Waals surface area contributed by atoms with E-state index in [9.17, 15) is 0 Å². The van der Waals surface area contributed by atoms with E-state index in [4.69, 9.17) is 4.98 Å². The SMILES string of the molecule is CCCc1cc(NCCc2nncn2CC)c2ccccc2n1. The number of aryl methyl sites for hydroxylation is 2. The Balaban J connectivity index is 1.78. The summed E-state index contributed by atoms with van der Waals surface area (Å²) >= 11 is 0. The van der Waals surface area contributed by atoms with E-state index in [1.165, 1.54) is 5.39 Å². The molecule has 3 aromatic rings. The first-order chi connectivity index (χ1) is 11.3. The number of benzene rings is 1. The first-order valence-corrected chi connectivity index (χ1v) is 8.31. The van der Waals surface area contributed by atoms with Crippen LogP contribution in [-0.4, -0.2) is 26.3 Å². The van der Waals surface area contributed by atoms with Crippen LogP contribution in [0, 0.1) is 0 Å². The number of anilines is 1. The second-order valence-corrected chi connectivity index (χ2v) is 5.64. The second-order valence-electron chi connectivity index (χ2n) is 5.64. The molecule has 120 valence electrons. The van der Waals surface area contributed by atoms with Crippen molar-refractivity contribution in [3.05, 3.63) is 48.2 Å². The first kappa shape index (κ1) is 15.5. The monoisotopic (exact) mass is 309 g/mol. The maximum atomic E-state index is 4.74. The second kappa shape index (κ2) is 7.22. The van der Waals surface area contributed by atoms with Gasteiger partial charge in [-0.05, 0) is 25.5 Å². The molecule has 0 aliphatic heterocycles. The predicted molar refractivity (Wildman–Crippen MR) is 93.6 cm³/mol. The van der Waals surface area contributed by atoms with Crippen molar-refractivity contribution in [1.82, 2.24) is 19.7 Å². The van der Waals surface area contributed by atoms with Gasteiger partial charge in [0.1, 0.15) is 12.2 Å². The molecule has 5 heteroatoms. The molecule has 2 heterocycles. The van der Waals surface area contributed by atoms with E-state index >= 15 is 0 Å². The zero-order valence-corrected chi connectivity index (χ0v) is 13.8. The van der Waals surface area contributed by atoms with Gasteiger partial charge in [0, 0.05) is 36.3 Å². The maximum absolute atomic E-state index is 4.74. The van der Waals surface area contributed by atoms with Crippen molar-refractivity contribution in [2.45, 2.75) is 39.7 Å². The lowest BCUT2D eigenvalue weighted by Crippen LogP contribution is -2.10. The minimum atomic E-state index is 0.832. The van der Waals surface area contributed by atoms with Crippen molar-refractivity contribution in [3.8, 4) is 0 Å². The van der Waals surface area contributed by atoms with Crippen molar-refractivity contribution in [3.63, 3.8) is 0 Å². The highest BCUT2D eigenvalue weighted by atomic mass is 15.3. The average molecular weight is 309 g/mol. The molecule has 1 aromatic carbocycles. The summed E-state index contributed by atoms with van der Waals surface area (Å²) in [7, 11) is 0. The van der Waals surface area contributed by atoms with Gasteiger partial charge in [-0.15, -0.1) is 10.2 Å². The Hall–Kier alpha value is -2.43. The van der Waals surface area contributed by atoms with E-state index in [2.05, 4.69) is 58.2 Å². The van der Waals surface area contributed by atoms with E-state index < -0.39 is 0 Å². The Bertz CT molecular complexity index is 778. The van der Waals surface area contributed by atoms with Crippen molar-refractivity contribution in [1.29, 1.82) is 0 Å². The van der Waals surface area contributed by atoms with Gasteiger partial charge in [-0.25, -0.2) is 0 Å². The molecule has 0 atom stereocenters. The van der Waals surface area contributed by atoms with Gasteiger partial charge < -0.3 is 9.88 Å². The third-order valence-corrected chi connectivity index (χ3v) is 3.98. The number of pyridine rings is 1. The summed E-state index contributed by atoms with van der Waals surface area (Å²) in [6, 6.07) is 10.5. The summed E-state index contributed by atoms with van der Waals surface area (Å²) in [5.41, 5.74) is 3.35. The molecule has 2 aromatic heterocycles. The van der Waals surface area contributed by atoms with Gasteiger partial charge >= 0.3 is 0 Å². The number of aromatic nitrogens is 4. The Morgan fingerprint density at radius 3 is 2.83 bits per heavy atom. The molecule has 3 rings (SSSR count). The standard InChI is InChI=1S/C18H23N5/c1-3-7-14-12-17(15-8-5-6-9-16(15)21-14)19-11-10-18-22-20-13-23(18)4-2/h5-6,8-9,12-13H,3-4,7,10-11H2,1-2H3,(H,19,21). The van der Waals surface area contributed by atoms with Crippen molar-refractivity contribution < 1.29 is 0 Å². The molecular formula is C18H23N5. The highest BCUT2D eigenvalue weighted by molar-refractivity contribution is 5.91. The van der Waals surface area contributed by atoms with Gasteiger partial charge in [0.15, 0.2) is 0 Å². The average Bonchev–Trinajstić information content (AvgIpc) is 3.02. The summed E-state index contributed by atoms with van der Waals surface area (Å²) in [4.78, 5) is 4.74. The molecule has 0 spiro atoms. The molecule has 0 unspecified atom stereocenters. The summed E-state index contributed by atoms with van der Waals surface area (Å²) < 4.78 is 2.08. The molecule has 0 saturated heterocycles. The molecule has 0 aliphatic carbocycles. The van der Waals surface area contributed by atoms with Gasteiger partial charge in [0.25, 0.3) is 0 Å². The van der Waals surface area contributed by atoms with E-state index in [1.54, 1.807) is 6.33 Å². The highest BCUT2D eigenvalue weighted by Crippen LogP contribution is 2.23. The Morgan fingerprint density at radius 2 is 2.00 bits per heavy atom. The fraction of sp³-hybridized carbons (Fsp3) is 0.389. The number of nitrogens with zero attached hydrogens (tertiary/aromatic N) is 4. The van der Waals surface area contributed by atoms with Gasteiger partial charge in [0.2, 0.25) is 0 Å². The lowest BCUT2D eigenvalue weighted by atomic mass is 10.1. The smallest absolute Gasteiger partial charge is 0.134 e. The molecule has 0 radical (unpaired) electrons. The van der Waals surface area contributed by atoms with E-state index in [-0.39, 0.29) is 0 Å². The van der Waals surface area contributed by atoms with Gasteiger partial charge in [0.05, 0.1) is 5.52 Å². The zero-order valence-electron chi connectivity index (χ0n) is 13.8. The van der Waals surface area contributed by atoms with Crippen LogP contribution < -0.4 is 5.32 Å².